The fraction of sp³-hybridized carbons (Fsp3) is 0.130. The molecule has 0 N–H and O–H groups in total. The number of aryl methyl sites for hydroxylation is 2. The molecule has 1 spiro atoms. The van der Waals surface area contributed by atoms with Crippen LogP contribution in [0.25, 0.3) is 44.5 Å². The van der Waals surface area contributed by atoms with E-state index in [-0.39, 0.29) is 0 Å². The first-order valence-electron chi connectivity index (χ1n) is 24.9. The monoisotopic (exact) mass is 897 g/mol. The summed E-state index contributed by atoms with van der Waals surface area (Å²) in [6.07, 6.45) is 0. The Morgan fingerprint density at radius 2 is 0.657 bits per heavy atom. The van der Waals surface area contributed by atoms with E-state index in [4.69, 9.17) is 0 Å². The zero-order chi connectivity index (χ0) is 47.6. The summed E-state index contributed by atoms with van der Waals surface area (Å²) in [7, 11) is 0. The van der Waals surface area contributed by atoms with Crippen molar-refractivity contribution < 1.29 is 0 Å². The van der Waals surface area contributed by atoms with Crippen LogP contribution in [0.15, 0.2) is 206 Å². The van der Waals surface area contributed by atoms with Crippen molar-refractivity contribution in [1.29, 1.82) is 0 Å². The number of hydrogen-bond acceptors (Lipinski definition) is 1. The molecule has 0 bridgehead atoms. The van der Waals surface area contributed by atoms with Crippen molar-refractivity contribution in [3.8, 4) is 44.5 Å². The quantitative estimate of drug-likeness (QED) is 0.161. The largest absolute Gasteiger partial charge is 0.310 e. The summed E-state index contributed by atoms with van der Waals surface area (Å²) in [6.45, 7) is 15.8. The van der Waals surface area contributed by atoms with E-state index in [1.165, 1.54) is 128 Å². The fourth-order valence-corrected chi connectivity index (χ4v) is 13.2. The molecule has 336 valence electrons. The zero-order valence-corrected chi connectivity index (χ0v) is 41.1. The van der Waals surface area contributed by atoms with Crippen LogP contribution >= 0.6 is 0 Å². The van der Waals surface area contributed by atoms with E-state index in [0.717, 1.165) is 17.1 Å². The smallest absolute Gasteiger partial charge is 0.0726 e. The van der Waals surface area contributed by atoms with Crippen LogP contribution in [0, 0.1) is 48.5 Å². The molecule has 0 aromatic heterocycles. The molecule has 0 radical (unpaired) electrons. The number of nitrogens with zero attached hydrogens (tertiary/aromatic N) is 1. The predicted molar refractivity (Wildman–Crippen MR) is 293 cm³/mol. The minimum absolute atomic E-state index is 0.473. The molecule has 13 rings (SSSR count). The van der Waals surface area contributed by atoms with Crippen molar-refractivity contribution in [2.24, 2.45) is 0 Å². The highest BCUT2D eigenvalue weighted by Gasteiger charge is 2.52. The highest BCUT2D eigenvalue weighted by molar-refractivity contribution is 5.97. The molecule has 2 unspecified atom stereocenters. The van der Waals surface area contributed by atoms with Crippen LogP contribution in [0.1, 0.15) is 83.5 Å². The second kappa shape index (κ2) is 15.5. The van der Waals surface area contributed by atoms with Crippen LogP contribution in [0.3, 0.4) is 0 Å². The maximum atomic E-state index is 2.53. The highest BCUT2D eigenvalue weighted by Crippen LogP contribution is 2.64. The van der Waals surface area contributed by atoms with Crippen molar-refractivity contribution in [2.75, 3.05) is 4.90 Å². The summed E-state index contributed by atoms with van der Waals surface area (Å²) in [5.41, 5.74) is 32.6. The molecule has 1 nitrogen and oxygen atoms in total. The molecule has 2 atom stereocenters. The van der Waals surface area contributed by atoms with Gasteiger partial charge in [0, 0.05) is 17.1 Å². The Labute approximate surface area is 413 Å². The minimum Gasteiger partial charge on any atom is -0.310 e. The van der Waals surface area contributed by atoms with Gasteiger partial charge in [-0.25, -0.2) is 0 Å². The van der Waals surface area contributed by atoms with Crippen LogP contribution in [-0.4, -0.2) is 0 Å². The van der Waals surface area contributed by atoms with E-state index in [0.29, 0.717) is 0 Å². The van der Waals surface area contributed by atoms with Crippen LogP contribution in [0.5, 0.6) is 0 Å². The van der Waals surface area contributed by atoms with Gasteiger partial charge in [-0.05, 0) is 202 Å². The lowest BCUT2D eigenvalue weighted by Gasteiger charge is -2.35. The van der Waals surface area contributed by atoms with Gasteiger partial charge in [0.15, 0.2) is 0 Å². The topological polar surface area (TPSA) is 3.24 Å². The third-order valence-electron chi connectivity index (χ3n) is 16.9. The maximum absolute atomic E-state index is 2.53. The first-order valence-corrected chi connectivity index (χ1v) is 24.9. The van der Waals surface area contributed by atoms with Crippen LogP contribution < -0.4 is 4.90 Å². The minimum atomic E-state index is -0.540. The molecule has 0 amide bonds. The Bertz CT molecular complexity index is 3740. The van der Waals surface area contributed by atoms with Crippen LogP contribution in [0.2, 0.25) is 0 Å². The molecule has 0 heterocycles. The predicted octanol–water partition coefficient (Wildman–Crippen LogP) is 17.7. The Morgan fingerprint density at radius 3 is 1.20 bits per heavy atom. The second-order valence-electron chi connectivity index (χ2n) is 20.3. The molecule has 0 aliphatic heterocycles. The van der Waals surface area contributed by atoms with Crippen LogP contribution in [0.4, 0.5) is 17.1 Å². The first kappa shape index (κ1) is 42.1. The van der Waals surface area contributed by atoms with E-state index in [1.54, 1.807) is 0 Å². The Hall–Kier alpha value is -8.00. The SMILES string of the molecule is Cc1ccc(C2(c3ccccc3)c3ccccc3-c3ccc(N(c4ccc(-c5c(C)c(C)c(C)c(C)c5C)cc4)c4ccc5c(c4)C4(c6ccccc6-c6ccc(C)cc64)c4ccccc4-5)cc32)cc1. The first-order chi connectivity index (χ1) is 34.1. The zero-order valence-electron chi connectivity index (χ0n) is 41.1. The lowest BCUT2D eigenvalue weighted by Crippen LogP contribution is -2.29. The molecule has 10 aromatic rings. The number of rotatable bonds is 6. The van der Waals surface area contributed by atoms with Gasteiger partial charge in [0.1, 0.15) is 0 Å². The van der Waals surface area contributed by atoms with Gasteiger partial charge in [0.2, 0.25) is 0 Å². The third-order valence-corrected chi connectivity index (χ3v) is 16.9. The summed E-state index contributed by atoms with van der Waals surface area (Å²) < 4.78 is 0. The molecular formula is C69H55N. The van der Waals surface area contributed by atoms with Crippen molar-refractivity contribution >= 4 is 17.1 Å². The molecule has 3 aliphatic rings. The number of fused-ring (bicyclic) bond motifs is 13. The Morgan fingerprint density at radius 1 is 0.271 bits per heavy atom. The highest BCUT2D eigenvalue weighted by atomic mass is 15.1. The van der Waals surface area contributed by atoms with Gasteiger partial charge in [-0.15, -0.1) is 0 Å². The number of anilines is 3. The van der Waals surface area contributed by atoms with Crippen molar-refractivity contribution in [3.05, 3.63) is 290 Å². The molecular weight excluding hydrogens is 843 g/mol. The average Bonchev–Trinajstić information content (AvgIpc) is 3.98. The van der Waals surface area contributed by atoms with E-state index in [1.807, 2.05) is 0 Å². The van der Waals surface area contributed by atoms with Gasteiger partial charge >= 0.3 is 0 Å². The van der Waals surface area contributed by atoms with Gasteiger partial charge in [-0.1, -0.05) is 181 Å². The van der Waals surface area contributed by atoms with Gasteiger partial charge in [-0.3, -0.25) is 0 Å². The van der Waals surface area contributed by atoms with Gasteiger partial charge < -0.3 is 4.90 Å². The fourth-order valence-electron chi connectivity index (χ4n) is 13.2. The number of hydrogen-bond donors (Lipinski definition) is 0. The second-order valence-corrected chi connectivity index (χ2v) is 20.3. The van der Waals surface area contributed by atoms with Crippen molar-refractivity contribution in [2.45, 2.75) is 59.3 Å². The van der Waals surface area contributed by atoms with Gasteiger partial charge in [0.05, 0.1) is 10.8 Å². The maximum Gasteiger partial charge on any atom is 0.0726 e. The molecule has 70 heavy (non-hydrogen) atoms. The normalized spacial score (nSPS) is 16.6. The van der Waals surface area contributed by atoms with Gasteiger partial charge in [-0.2, -0.15) is 0 Å². The lowest BCUT2D eigenvalue weighted by atomic mass is 9.67. The summed E-state index contributed by atoms with van der Waals surface area (Å²) in [5.74, 6) is 0. The van der Waals surface area contributed by atoms with E-state index in [2.05, 4.69) is 260 Å². The third kappa shape index (κ3) is 5.67. The molecule has 1 heteroatoms. The molecule has 3 aliphatic carbocycles. The van der Waals surface area contributed by atoms with Crippen molar-refractivity contribution in [3.63, 3.8) is 0 Å². The van der Waals surface area contributed by atoms with Gasteiger partial charge in [0.25, 0.3) is 0 Å². The Kier molecular flexibility index (Phi) is 9.33. The van der Waals surface area contributed by atoms with Crippen LogP contribution in [-0.2, 0) is 10.8 Å². The number of benzene rings is 10. The summed E-state index contributed by atoms with van der Waals surface area (Å²) in [5, 5.41) is 0. The lowest BCUT2D eigenvalue weighted by molar-refractivity contribution is 0.768. The standard InChI is InChI=1S/C69H55N/c1-42-25-30-51(31-26-42)68(50-17-9-8-10-18-50)61-22-14-11-19-55(61)59-37-34-53(40-65(59)68)70(52-32-28-49(29-33-52)67-47(6)45(4)44(3)46(5)48(67)7)54-35-38-60-57-21-13-16-24-63(57)69(66(60)41-54)62-23-15-12-20-56(62)58-36-27-43(2)39-64(58)69/h8-41H,1-7H3. The van der Waals surface area contributed by atoms with E-state index >= 15 is 0 Å². The van der Waals surface area contributed by atoms with E-state index in [9.17, 15) is 0 Å². The summed E-state index contributed by atoms with van der Waals surface area (Å²) in [6, 6.07) is 78.9. The summed E-state index contributed by atoms with van der Waals surface area (Å²) in [4.78, 5) is 2.53. The molecule has 0 fully saturated rings. The molecule has 10 aromatic carbocycles. The summed E-state index contributed by atoms with van der Waals surface area (Å²) >= 11 is 0. The molecule has 0 saturated heterocycles. The van der Waals surface area contributed by atoms with E-state index < -0.39 is 10.8 Å². The average molecular weight is 898 g/mol. The van der Waals surface area contributed by atoms with Crippen molar-refractivity contribution in [1.82, 2.24) is 0 Å². The Balaban J connectivity index is 1.08. The molecule has 0 saturated carbocycles.